The molecule has 156 valence electrons. The Hall–Kier alpha value is -2.25. The molecule has 1 fully saturated rings. The molecule has 2 N–H and O–H groups in total. The summed E-state index contributed by atoms with van der Waals surface area (Å²) in [6.45, 7) is 1.76. The largest absolute Gasteiger partial charge is 0.482 e. The van der Waals surface area contributed by atoms with Crippen molar-refractivity contribution in [2.75, 3.05) is 11.3 Å². The first kappa shape index (κ1) is 21.5. The van der Waals surface area contributed by atoms with Gasteiger partial charge in [0.15, 0.2) is 6.61 Å². The molecule has 2 aromatic rings. The van der Waals surface area contributed by atoms with Crippen LogP contribution in [0.3, 0.4) is 0 Å². The highest BCUT2D eigenvalue weighted by Gasteiger charge is 2.18. The van der Waals surface area contributed by atoms with Gasteiger partial charge in [0.2, 0.25) is 0 Å². The molecule has 6 nitrogen and oxygen atoms in total. The van der Waals surface area contributed by atoms with Crippen LogP contribution in [0.2, 0.25) is 5.02 Å². The summed E-state index contributed by atoms with van der Waals surface area (Å²) >= 11 is 6.19. The van der Waals surface area contributed by atoms with Gasteiger partial charge >= 0.3 is 0 Å². The van der Waals surface area contributed by atoms with E-state index in [0.29, 0.717) is 5.69 Å². The standard InChI is InChI=1S/C21H25ClN2O4S/c1-15-7-9-17(10-8-15)24-29(26,27)18-11-12-20(19(22)13-18)28-14-21(25)23-16-5-3-2-4-6-16/h7-13,16,24H,2-6,14H2,1H3,(H,23,25). The van der Waals surface area contributed by atoms with Crippen LogP contribution in [-0.2, 0) is 14.8 Å². The van der Waals surface area contributed by atoms with Crippen LogP contribution in [0.1, 0.15) is 37.7 Å². The molecule has 2 aromatic carbocycles. The summed E-state index contributed by atoms with van der Waals surface area (Å²) in [6.07, 6.45) is 5.46. The van der Waals surface area contributed by atoms with E-state index in [-0.39, 0.29) is 34.2 Å². The Morgan fingerprint density at radius 1 is 1.10 bits per heavy atom. The minimum atomic E-state index is -3.79. The molecule has 0 unspecified atom stereocenters. The van der Waals surface area contributed by atoms with Crippen LogP contribution in [0.15, 0.2) is 47.4 Å². The van der Waals surface area contributed by atoms with Crippen molar-refractivity contribution in [2.45, 2.75) is 50.0 Å². The number of carbonyl (C=O) groups excluding carboxylic acids is 1. The van der Waals surface area contributed by atoms with Crippen LogP contribution in [0.25, 0.3) is 0 Å². The molecular formula is C21H25ClN2O4S. The topological polar surface area (TPSA) is 84.5 Å². The van der Waals surface area contributed by atoms with Crippen molar-refractivity contribution < 1.29 is 17.9 Å². The summed E-state index contributed by atoms with van der Waals surface area (Å²) < 4.78 is 33.1. The SMILES string of the molecule is Cc1ccc(NS(=O)(=O)c2ccc(OCC(=O)NC3CCCCC3)c(Cl)c2)cc1. The number of anilines is 1. The predicted octanol–water partition coefficient (Wildman–Crippen LogP) is 4.28. The van der Waals surface area contributed by atoms with Gasteiger partial charge in [-0.2, -0.15) is 0 Å². The maximum absolute atomic E-state index is 12.6. The van der Waals surface area contributed by atoms with Crippen molar-refractivity contribution >= 4 is 33.2 Å². The van der Waals surface area contributed by atoms with Gasteiger partial charge in [-0.25, -0.2) is 8.42 Å². The number of amides is 1. The van der Waals surface area contributed by atoms with Crippen molar-refractivity contribution in [3.8, 4) is 5.75 Å². The minimum absolute atomic E-state index is 0.0158. The highest BCUT2D eigenvalue weighted by atomic mass is 35.5. The number of hydrogen-bond acceptors (Lipinski definition) is 4. The van der Waals surface area contributed by atoms with Crippen molar-refractivity contribution in [2.24, 2.45) is 0 Å². The lowest BCUT2D eigenvalue weighted by Crippen LogP contribution is -2.39. The van der Waals surface area contributed by atoms with Gasteiger partial charge in [-0.3, -0.25) is 9.52 Å². The highest BCUT2D eigenvalue weighted by molar-refractivity contribution is 7.92. The number of ether oxygens (including phenoxy) is 1. The first-order valence-corrected chi connectivity index (χ1v) is 11.5. The lowest BCUT2D eigenvalue weighted by atomic mass is 9.95. The second-order valence-electron chi connectivity index (χ2n) is 7.25. The lowest BCUT2D eigenvalue weighted by molar-refractivity contribution is -0.124. The third-order valence-corrected chi connectivity index (χ3v) is 6.52. The first-order valence-electron chi connectivity index (χ1n) is 9.65. The van der Waals surface area contributed by atoms with Gasteiger partial charge in [-0.05, 0) is 50.1 Å². The molecule has 3 rings (SSSR count). The maximum atomic E-state index is 12.6. The molecule has 0 atom stereocenters. The number of sulfonamides is 1. The van der Waals surface area contributed by atoms with Gasteiger partial charge < -0.3 is 10.1 Å². The average molecular weight is 437 g/mol. The van der Waals surface area contributed by atoms with E-state index < -0.39 is 10.0 Å². The second-order valence-corrected chi connectivity index (χ2v) is 9.34. The van der Waals surface area contributed by atoms with Crippen LogP contribution in [-0.4, -0.2) is 27.0 Å². The number of halogens is 1. The fourth-order valence-corrected chi connectivity index (χ4v) is 4.65. The summed E-state index contributed by atoms with van der Waals surface area (Å²) in [4.78, 5) is 12.1. The molecule has 0 saturated heterocycles. The molecule has 1 aliphatic rings. The molecule has 0 bridgehead atoms. The Balaban J connectivity index is 1.60. The number of rotatable bonds is 7. The zero-order valence-electron chi connectivity index (χ0n) is 16.3. The first-order chi connectivity index (χ1) is 13.8. The van der Waals surface area contributed by atoms with Gasteiger partial charge in [0.1, 0.15) is 5.75 Å². The lowest BCUT2D eigenvalue weighted by Gasteiger charge is -2.22. The zero-order valence-corrected chi connectivity index (χ0v) is 17.9. The van der Waals surface area contributed by atoms with Crippen molar-refractivity contribution in [1.82, 2.24) is 5.32 Å². The Morgan fingerprint density at radius 2 is 1.79 bits per heavy atom. The number of hydrogen-bond donors (Lipinski definition) is 2. The predicted molar refractivity (Wildman–Crippen MR) is 114 cm³/mol. The highest BCUT2D eigenvalue weighted by Crippen LogP contribution is 2.28. The van der Waals surface area contributed by atoms with E-state index in [4.69, 9.17) is 16.3 Å². The van der Waals surface area contributed by atoms with E-state index in [9.17, 15) is 13.2 Å². The fourth-order valence-electron chi connectivity index (χ4n) is 3.26. The average Bonchev–Trinajstić information content (AvgIpc) is 2.69. The molecule has 0 spiro atoms. The molecule has 1 saturated carbocycles. The molecule has 0 aromatic heterocycles. The Labute approximate surface area is 176 Å². The number of carbonyl (C=O) groups is 1. The van der Waals surface area contributed by atoms with E-state index in [1.807, 2.05) is 19.1 Å². The van der Waals surface area contributed by atoms with E-state index in [1.165, 1.54) is 24.6 Å². The van der Waals surface area contributed by atoms with E-state index >= 15 is 0 Å². The Kier molecular flexibility index (Phi) is 7.03. The molecule has 0 heterocycles. The smallest absolute Gasteiger partial charge is 0.261 e. The molecule has 0 radical (unpaired) electrons. The summed E-state index contributed by atoms with van der Waals surface area (Å²) in [5.41, 5.74) is 1.50. The normalized spacial score (nSPS) is 15.0. The number of benzene rings is 2. The minimum Gasteiger partial charge on any atom is -0.482 e. The summed E-state index contributed by atoms with van der Waals surface area (Å²) in [5, 5.41) is 3.09. The Morgan fingerprint density at radius 3 is 2.45 bits per heavy atom. The van der Waals surface area contributed by atoms with Crippen LogP contribution in [0, 0.1) is 6.92 Å². The van der Waals surface area contributed by atoms with Gasteiger partial charge in [0.25, 0.3) is 15.9 Å². The van der Waals surface area contributed by atoms with Crippen LogP contribution < -0.4 is 14.8 Å². The molecule has 1 aliphatic carbocycles. The Bertz CT molecular complexity index is 955. The van der Waals surface area contributed by atoms with Gasteiger partial charge in [0.05, 0.1) is 9.92 Å². The summed E-state index contributed by atoms with van der Waals surface area (Å²) in [6, 6.07) is 11.4. The molecule has 29 heavy (non-hydrogen) atoms. The quantitative estimate of drug-likeness (QED) is 0.678. The van der Waals surface area contributed by atoms with Crippen molar-refractivity contribution in [3.05, 3.63) is 53.1 Å². The monoisotopic (exact) mass is 436 g/mol. The van der Waals surface area contributed by atoms with Crippen molar-refractivity contribution in [1.29, 1.82) is 0 Å². The zero-order chi connectivity index (χ0) is 20.9. The molecule has 8 heteroatoms. The second kappa shape index (κ2) is 9.50. The summed E-state index contributed by atoms with van der Waals surface area (Å²) in [5.74, 6) is 0.0606. The third-order valence-electron chi connectivity index (χ3n) is 4.85. The number of aryl methyl sites for hydroxylation is 1. The maximum Gasteiger partial charge on any atom is 0.261 e. The molecule has 0 aliphatic heterocycles. The summed E-state index contributed by atoms with van der Waals surface area (Å²) in [7, 11) is -3.79. The molecule has 1 amide bonds. The van der Waals surface area contributed by atoms with Crippen LogP contribution >= 0.6 is 11.6 Å². The fraction of sp³-hybridized carbons (Fsp3) is 0.381. The van der Waals surface area contributed by atoms with Crippen LogP contribution in [0.4, 0.5) is 5.69 Å². The van der Waals surface area contributed by atoms with E-state index in [2.05, 4.69) is 10.0 Å². The van der Waals surface area contributed by atoms with Crippen LogP contribution in [0.5, 0.6) is 5.75 Å². The van der Waals surface area contributed by atoms with Crippen molar-refractivity contribution in [3.63, 3.8) is 0 Å². The van der Waals surface area contributed by atoms with Gasteiger partial charge in [-0.1, -0.05) is 48.6 Å². The van der Waals surface area contributed by atoms with E-state index in [1.54, 1.807) is 12.1 Å². The number of nitrogens with one attached hydrogen (secondary N) is 2. The van der Waals surface area contributed by atoms with E-state index in [0.717, 1.165) is 31.2 Å². The van der Waals surface area contributed by atoms with Gasteiger partial charge in [-0.15, -0.1) is 0 Å². The third kappa shape index (κ3) is 6.11. The van der Waals surface area contributed by atoms with Gasteiger partial charge in [0, 0.05) is 11.7 Å². The molecular weight excluding hydrogens is 412 g/mol.